The fraction of sp³-hybridized carbons (Fsp3) is 0.517. The number of guanidine groups is 1. The number of nitrogens with one attached hydrogen (secondary N) is 5. The standard InChI is InChI=1S/C29H46BN9O11/c1-15(13-30(49)50)24(43)35-14-23(42)37-19(4-3-11-34-29(32)33)27(46)38-20(9-10-22(31)41)26(45)36-16(2)25(44)39-21(28(47)48)12-17-5-7-18(40)8-6-17/h5-8,15-16,19-21,40,49-50H,3-4,9-14H2,1-2H3,(H2,31,41)(H,35,43)(H,36,45)(H,37,42)(H,38,46)(H,39,44)(H,47,48)(H4,32,33,34)/t15-,16-,19-,20-,21-/m0/s1. The summed E-state index contributed by atoms with van der Waals surface area (Å²) in [7, 11) is -1.74. The quantitative estimate of drug-likeness (QED) is 0.0234. The number of hydrogen-bond acceptors (Lipinski definition) is 11. The number of aliphatic imine (C=N–C) groups is 1. The number of carbonyl (C=O) groups is 7. The highest BCUT2D eigenvalue weighted by molar-refractivity contribution is 6.41. The van der Waals surface area contributed by atoms with E-state index in [-0.39, 0.29) is 56.7 Å². The van der Waals surface area contributed by atoms with Gasteiger partial charge in [-0.25, -0.2) is 4.79 Å². The molecule has 50 heavy (non-hydrogen) atoms. The second kappa shape index (κ2) is 21.5. The summed E-state index contributed by atoms with van der Waals surface area (Å²) >= 11 is 0. The topological polar surface area (TPSA) is 351 Å². The van der Waals surface area contributed by atoms with Gasteiger partial charge in [0.15, 0.2) is 5.96 Å². The van der Waals surface area contributed by atoms with Crippen molar-refractivity contribution >= 4 is 54.5 Å². The lowest BCUT2D eigenvalue weighted by Crippen LogP contribution is -2.57. The molecule has 1 aromatic rings. The van der Waals surface area contributed by atoms with Gasteiger partial charge in [0.05, 0.1) is 6.54 Å². The minimum Gasteiger partial charge on any atom is -0.508 e. The number of aliphatic carboxylic acids is 1. The maximum atomic E-state index is 13.4. The second-order valence-electron chi connectivity index (χ2n) is 11.5. The van der Waals surface area contributed by atoms with Crippen molar-refractivity contribution < 1.29 is 53.8 Å². The van der Waals surface area contributed by atoms with Crippen molar-refractivity contribution in [2.45, 2.75) is 76.4 Å². The third kappa shape index (κ3) is 17.1. The van der Waals surface area contributed by atoms with Gasteiger partial charge in [-0.15, -0.1) is 0 Å². The largest absolute Gasteiger partial charge is 0.508 e. The van der Waals surface area contributed by atoms with Gasteiger partial charge in [-0.2, -0.15) is 0 Å². The van der Waals surface area contributed by atoms with Crippen LogP contribution in [0.2, 0.25) is 6.32 Å². The Morgan fingerprint density at radius 2 is 1.38 bits per heavy atom. The summed E-state index contributed by atoms with van der Waals surface area (Å²) in [6, 6.07) is 0.211. The molecule has 15 N–H and O–H groups in total. The van der Waals surface area contributed by atoms with Crippen molar-refractivity contribution in [1.29, 1.82) is 0 Å². The van der Waals surface area contributed by atoms with Gasteiger partial charge in [0.25, 0.3) is 0 Å². The van der Waals surface area contributed by atoms with E-state index in [0.717, 1.165) is 0 Å². The zero-order valence-electron chi connectivity index (χ0n) is 27.8. The Hall–Kier alpha value is -5.44. The van der Waals surface area contributed by atoms with Crippen LogP contribution in [0.15, 0.2) is 29.3 Å². The van der Waals surface area contributed by atoms with Crippen LogP contribution >= 0.6 is 0 Å². The third-order valence-electron chi connectivity index (χ3n) is 7.09. The molecular weight excluding hydrogens is 661 g/mol. The van der Waals surface area contributed by atoms with Crippen LogP contribution in [0, 0.1) is 5.92 Å². The van der Waals surface area contributed by atoms with Crippen LogP contribution in [0.4, 0.5) is 0 Å². The zero-order valence-corrected chi connectivity index (χ0v) is 27.8. The molecule has 0 radical (unpaired) electrons. The molecule has 21 heteroatoms. The molecule has 20 nitrogen and oxygen atoms in total. The molecule has 0 fully saturated rings. The molecule has 0 aromatic heterocycles. The molecule has 0 heterocycles. The fourth-order valence-corrected chi connectivity index (χ4v) is 4.35. The number of primary amides is 1. The second-order valence-corrected chi connectivity index (χ2v) is 11.5. The SMILES string of the molecule is C[C@H](NC(=O)[C@H](CCC(N)=O)NC(=O)[C@H](CCCN=C(N)N)NC(=O)CNC(=O)[C@@H](C)CB(O)O)C(=O)N[C@@H](Cc1ccc(O)cc1)C(=O)O. The monoisotopic (exact) mass is 707 g/mol. The van der Waals surface area contributed by atoms with Crippen LogP contribution in [-0.4, -0.2) is 112 Å². The molecule has 1 rings (SSSR count). The molecule has 0 spiro atoms. The van der Waals surface area contributed by atoms with Crippen molar-refractivity contribution in [2.24, 2.45) is 28.1 Å². The van der Waals surface area contributed by atoms with E-state index in [1.807, 2.05) is 0 Å². The number of hydrogen-bond donors (Lipinski definition) is 12. The van der Waals surface area contributed by atoms with Gasteiger partial charge in [0.2, 0.25) is 35.4 Å². The van der Waals surface area contributed by atoms with Gasteiger partial charge < -0.3 is 64.0 Å². The molecule has 0 bridgehead atoms. The van der Waals surface area contributed by atoms with Gasteiger partial charge in [-0.3, -0.25) is 33.8 Å². The van der Waals surface area contributed by atoms with Crippen molar-refractivity contribution in [3.8, 4) is 5.75 Å². The van der Waals surface area contributed by atoms with Gasteiger partial charge in [0.1, 0.15) is 29.9 Å². The molecule has 276 valence electrons. The molecule has 0 aliphatic carbocycles. The Kier molecular flexibility index (Phi) is 18.3. The molecule has 0 aliphatic heterocycles. The highest BCUT2D eigenvalue weighted by Crippen LogP contribution is 2.12. The summed E-state index contributed by atoms with van der Waals surface area (Å²) in [6.45, 7) is 2.17. The van der Waals surface area contributed by atoms with E-state index in [2.05, 4.69) is 31.6 Å². The molecule has 0 unspecified atom stereocenters. The molecule has 0 saturated carbocycles. The first-order chi connectivity index (χ1) is 23.4. The van der Waals surface area contributed by atoms with E-state index in [1.165, 1.54) is 38.1 Å². The maximum absolute atomic E-state index is 13.4. The van der Waals surface area contributed by atoms with Gasteiger partial charge in [-0.1, -0.05) is 19.1 Å². The van der Waals surface area contributed by atoms with Gasteiger partial charge >= 0.3 is 13.1 Å². The Bertz CT molecular complexity index is 1370. The third-order valence-corrected chi connectivity index (χ3v) is 7.09. The lowest BCUT2D eigenvalue weighted by atomic mass is 9.79. The van der Waals surface area contributed by atoms with Crippen molar-refractivity contribution in [3.63, 3.8) is 0 Å². The lowest BCUT2D eigenvalue weighted by molar-refractivity contribution is -0.142. The first-order valence-corrected chi connectivity index (χ1v) is 15.6. The molecule has 0 aliphatic rings. The van der Waals surface area contributed by atoms with Crippen LogP contribution in [0.5, 0.6) is 5.75 Å². The van der Waals surface area contributed by atoms with Crippen molar-refractivity contribution in [3.05, 3.63) is 29.8 Å². The number of phenols is 1. The average molecular weight is 708 g/mol. The number of carboxylic acids is 1. The number of amides is 6. The smallest absolute Gasteiger partial charge is 0.452 e. The maximum Gasteiger partial charge on any atom is 0.452 e. The minimum absolute atomic E-state index is 0.0331. The fourth-order valence-electron chi connectivity index (χ4n) is 4.35. The number of nitrogens with two attached hydrogens (primary N) is 3. The minimum atomic E-state index is -1.74. The van der Waals surface area contributed by atoms with Crippen LogP contribution < -0.4 is 43.8 Å². The molecule has 6 amide bonds. The number of carbonyl (C=O) groups excluding carboxylic acids is 6. The van der Waals surface area contributed by atoms with Crippen LogP contribution in [0.25, 0.3) is 0 Å². The number of benzene rings is 1. The highest BCUT2D eigenvalue weighted by Gasteiger charge is 2.30. The number of aromatic hydroxyl groups is 1. The van der Waals surface area contributed by atoms with E-state index in [4.69, 9.17) is 27.2 Å². The van der Waals surface area contributed by atoms with E-state index < -0.39 is 85.2 Å². The Labute approximate surface area is 288 Å². The summed E-state index contributed by atoms with van der Waals surface area (Å²) in [6.07, 6.45) is -0.948. The van der Waals surface area contributed by atoms with Crippen molar-refractivity contribution in [1.82, 2.24) is 26.6 Å². The summed E-state index contributed by atoms with van der Waals surface area (Å²) in [5, 5.41) is 49.0. The van der Waals surface area contributed by atoms with Gasteiger partial charge in [-0.05, 0) is 50.2 Å². The van der Waals surface area contributed by atoms with Crippen LogP contribution in [-0.2, 0) is 40.0 Å². The predicted molar refractivity (Wildman–Crippen MR) is 178 cm³/mol. The van der Waals surface area contributed by atoms with Gasteiger partial charge in [0, 0.05) is 25.3 Å². The van der Waals surface area contributed by atoms with E-state index in [1.54, 1.807) is 0 Å². The number of phenolic OH excluding ortho intramolecular Hbond substituents is 1. The van der Waals surface area contributed by atoms with E-state index in [9.17, 15) is 43.8 Å². The van der Waals surface area contributed by atoms with Crippen LogP contribution in [0.3, 0.4) is 0 Å². The molecular formula is C29H46BN9O11. The average Bonchev–Trinajstić information content (AvgIpc) is 3.02. The first-order valence-electron chi connectivity index (χ1n) is 15.6. The summed E-state index contributed by atoms with van der Waals surface area (Å²) in [5.74, 6) is -7.39. The number of carboxylic acid groups (broad SMARTS) is 1. The molecule has 1 aromatic carbocycles. The van der Waals surface area contributed by atoms with Crippen LogP contribution in [0.1, 0.15) is 45.1 Å². The number of nitrogens with zero attached hydrogens (tertiary/aromatic N) is 1. The normalized spacial score (nSPS) is 13.6. The van der Waals surface area contributed by atoms with E-state index >= 15 is 0 Å². The summed E-state index contributed by atoms with van der Waals surface area (Å²) in [4.78, 5) is 91.4. The molecule has 5 atom stereocenters. The Morgan fingerprint density at radius 3 is 1.94 bits per heavy atom. The summed E-state index contributed by atoms with van der Waals surface area (Å²) < 4.78 is 0. The number of rotatable bonds is 22. The lowest BCUT2D eigenvalue weighted by Gasteiger charge is -2.25. The first kappa shape index (κ1) is 42.6. The predicted octanol–water partition coefficient (Wildman–Crippen LogP) is -4.48. The zero-order chi connectivity index (χ0) is 38.0. The molecule has 0 saturated heterocycles. The Morgan fingerprint density at radius 1 is 0.800 bits per heavy atom. The highest BCUT2D eigenvalue weighted by atomic mass is 16.4. The Balaban J connectivity index is 3.03. The summed E-state index contributed by atoms with van der Waals surface area (Å²) in [5.41, 5.74) is 16.4. The van der Waals surface area contributed by atoms with E-state index in [0.29, 0.717) is 5.56 Å². The van der Waals surface area contributed by atoms with Crippen molar-refractivity contribution in [2.75, 3.05) is 13.1 Å².